The van der Waals surface area contributed by atoms with Gasteiger partial charge in [0.25, 0.3) is 0 Å². The van der Waals surface area contributed by atoms with E-state index >= 15 is 0 Å². The third-order valence-electron chi connectivity index (χ3n) is 2.14. The van der Waals surface area contributed by atoms with Crippen molar-refractivity contribution in [2.75, 3.05) is 19.2 Å². The summed E-state index contributed by atoms with van der Waals surface area (Å²) in [7, 11) is 1.61. The molecule has 0 spiro atoms. The monoisotopic (exact) mass is 274 g/mol. The van der Waals surface area contributed by atoms with Crippen LogP contribution in [-0.4, -0.2) is 25.3 Å². The summed E-state index contributed by atoms with van der Waals surface area (Å²) in [4.78, 5) is 0. The van der Waals surface area contributed by atoms with E-state index in [1.807, 2.05) is 6.08 Å². The summed E-state index contributed by atoms with van der Waals surface area (Å²) in [6, 6.07) is 0. The van der Waals surface area contributed by atoms with Crippen LogP contribution in [0.3, 0.4) is 0 Å². The summed E-state index contributed by atoms with van der Waals surface area (Å²) in [5.74, 6) is 2.92. The molecule has 0 aliphatic heterocycles. The number of alkyl halides is 1. The molecule has 0 aliphatic rings. The standard InChI is InChI=1S/C12H19BrO2/c1-4-6-7-11(5-2)12(8-9-13)15-10-14-3/h2,4,11-12H,1,6-10H2,3H3/t11-,12+/m1/s1. The number of methoxy groups -OCH3 is 1. The number of ether oxygens (including phenoxy) is 2. The molecule has 0 rings (SSSR count). The van der Waals surface area contributed by atoms with Gasteiger partial charge in [0.05, 0.1) is 6.10 Å². The Bertz CT molecular complexity index is 198. The van der Waals surface area contributed by atoms with Crippen molar-refractivity contribution in [3.05, 3.63) is 12.7 Å². The van der Waals surface area contributed by atoms with Crippen LogP contribution in [0.15, 0.2) is 12.7 Å². The largest absolute Gasteiger partial charge is 0.359 e. The van der Waals surface area contributed by atoms with Gasteiger partial charge in [0, 0.05) is 18.4 Å². The zero-order valence-corrected chi connectivity index (χ0v) is 10.8. The van der Waals surface area contributed by atoms with Gasteiger partial charge in [-0.1, -0.05) is 22.0 Å². The van der Waals surface area contributed by atoms with Crippen LogP contribution in [0.4, 0.5) is 0 Å². The number of allylic oxidation sites excluding steroid dienone is 1. The Balaban J connectivity index is 4.14. The molecule has 0 radical (unpaired) electrons. The third kappa shape index (κ3) is 6.72. The summed E-state index contributed by atoms with van der Waals surface area (Å²) in [5.41, 5.74) is 0. The van der Waals surface area contributed by atoms with Gasteiger partial charge in [-0.05, 0) is 19.3 Å². The first-order valence-corrected chi connectivity index (χ1v) is 6.15. The highest BCUT2D eigenvalue weighted by molar-refractivity contribution is 9.09. The Kier molecular flexibility index (Phi) is 10.0. The van der Waals surface area contributed by atoms with Gasteiger partial charge in [-0.3, -0.25) is 0 Å². The average molecular weight is 275 g/mol. The van der Waals surface area contributed by atoms with Gasteiger partial charge in [0.15, 0.2) is 0 Å². The smallest absolute Gasteiger partial charge is 0.146 e. The van der Waals surface area contributed by atoms with E-state index in [1.54, 1.807) is 7.11 Å². The molecular formula is C12H19BrO2. The number of hydrogen-bond donors (Lipinski definition) is 0. The summed E-state index contributed by atoms with van der Waals surface area (Å²) in [6.07, 6.45) is 10.2. The molecule has 3 heteroatoms. The lowest BCUT2D eigenvalue weighted by Gasteiger charge is -2.22. The molecule has 86 valence electrons. The number of hydrogen-bond acceptors (Lipinski definition) is 2. The zero-order valence-electron chi connectivity index (χ0n) is 9.25. The van der Waals surface area contributed by atoms with Gasteiger partial charge in [-0.15, -0.1) is 18.9 Å². The van der Waals surface area contributed by atoms with Crippen LogP contribution >= 0.6 is 15.9 Å². The second kappa shape index (κ2) is 10.2. The molecule has 0 amide bonds. The first-order chi connectivity index (χ1) is 7.29. The lowest BCUT2D eigenvalue weighted by molar-refractivity contribution is -0.0848. The fourth-order valence-electron chi connectivity index (χ4n) is 1.34. The molecule has 0 aromatic carbocycles. The topological polar surface area (TPSA) is 18.5 Å². The first kappa shape index (κ1) is 14.7. The molecule has 0 unspecified atom stereocenters. The number of halogens is 1. The van der Waals surface area contributed by atoms with Crippen molar-refractivity contribution in [3.8, 4) is 12.3 Å². The molecule has 0 aromatic rings. The van der Waals surface area contributed by atoms with Crippen LogP contribution < -0.4 is 0 Å². The second-order valence-electron chi connectivity index (χ2n) is 3.23. The molecular weight excluding hydrogens is 256 g/mol. The van der Waals surface area contributed by atoms with Crippen LogP contribution in [0.2, 0.25) is 0 Å². The maximum absolute atomic E-state index is 5.55. The predicted octanol–water partition coefficient (Wildman–Crippen LogP) is 2.98. The van der Waals surface area contributed by atoms with Crippen LogP contribution in [0, 0.1) is 18.3 Å². The maximum atomic E-state index is 5.55. The lowest BCUT2D eigenvalue weighted by atomic mass is 9.96. The Morgan fingerprint density at radius 3 is 2.73 bits per heavy atom. The third-order valence-corrected chi connectivity index (χ3v) is 2.60. The normalized spacial score (nSPS) is 14.2. The fourth-order valence-corrected chi connectivity index (χ4v) is 1.79. The van der Waals surface area contributed by atoms with Crippen molar-refractivity contribution in [2.24, 2.45) is 5.92 Å². The fraction of sp³-hybridized carbons (Fsp3) is 0.667. The van der Waals surface area contributed by atoms with E-state index in [0.29, 0.717) is 6.79 Å². The molecule has 15 heavy (non-hydrogen) atoms. The van der Waals surface area contributed by atoms with E-state index in [-0.39, 0.29) is 12.0 Å². The molecule has 0 aromatic heterocycles. The summed E-state index contributed by atoms with van der Waals surface area (Å²) in [6.45, 7) is 3.99. The molecule has 0 N–H and O–H groups in total. The molecule has 0 fully saturated rings. The van der Waals surface area contributed by atoms with E-state index in [0.717, 1.165) is 24.6 Å². The predicted molar refractivity (Wildman–Crippen MR) is 66.9 cm³/mol. The van der Waals surface area contributed by atoms with Crippen molar-refractivity contribution in [2.45, 2.75) is 25.4 Å². The van der Waals surface area contributed by atoms with Crippen LogP contribution in [-0.2, 0) is 9.47 Å². The Hall–Kier alpha value is -0.300. The minimum atomic E-state index is 0.0641. The summed E-state index contributed by atoms with van der Waals surface area (Å²) < 4.78 is 10.4. The van der Waals surface area contributed by atoms with E-state index < -0.39 is 0 Å². The van der Waals surface area contributed by atoms with E-state index in [4.69, 9.17) is 15.9 Å². The van der Waals surface area contributed by atoms with Gasteiger partial charge in [-0.25, -0.2) is 0 Å². The maximum Gasteiger partial charge on any atom is 0.146 e. The van der Waals surface area contributed by atoms with Gasteiger partial charge in [0.2, 0.25) is 0 Å². The molecule has 0 bridgehead atoms. The van der Waals surface area contributed by atoms with Crippen LogP contribution in [0.25, 0.3) is 0 Å². The number of rotatable bonds is 9. The van der Waals surface area contributed by atoms with Crippen molar-refractivity contribution in [1.82, 2.24) is 0 Å². The minimum Gasteiger partial charge on any atom is -0.359 e. The van der Waals surface area contributed by atoms with Crippen molar-refractivity contribution >= 4 is 15.9 Å². The second-order valence-corrected chi connectivity index (χ2v) is 4.02. The van der Waals surface area contributed by atoms with Gasteiger partial charge >= 0.3 is 0 Å². The molecule has 0 saturated carbocycles. The first-order valence-electron chi connectivity index (χ1n) is 5.03. The summed E-state index contributed by atoms with van der Waals surface area (Å²) in [5, 5.41) is 0.883. The molecule has 2 atom stereocenters. The number of terminal acetylenes is 1. The highest BCUT2D eigenvalue weighted by Gasteiger charge is 2.18. The van der Waals surface area contributed by atoms with Gasteiger partial charge < -0.3 is 9.47 Å². The Labute approximate surface area is 101 Å². The van der Waals surface area contributed by atoms with E-state index in [1.165, 1.54) is 0 Å². The van der Waals surface area contributed by atoms with Crippen LogP contribution in [0.5, 0.6) is 0 Å². The zero-order chi connectivity index (χ0) is 11.5. The highest BCUT2D eigenvalue weighted by atomic mass is 79.9. The minimum absolute atomic E-state index is 0.0641. The average Bonchev–Trinajstić information content (AvgIpc) is 2.26. The molecule has 0 aliphatic carbocycles. The summed E-state index contributed by atoms with van der Waals surface area (Å²) >= 11 is 3.40. The molecule has 0 heterocycles. The molecule has 2 nitrogen and oxygen atoms in total. The van der Waals surface area contributed by atoms with E-state index in [2.05, 4.69) is 28.4 Å². The SMILES string of the molecule is C#C[C@H](CCC=C)[C@H](CCBr)OCOC. The van der Waals surface area contributed by atoms with Crippen molar-refractivity contribution < 1.29 is 9.47 Å². The Morgan fingerprint density at radius 1 is 1.53 bits per heavy atom. The van der Waals surface area contributed by atoms with Gasteiger partial charge in [0.1, 0.15) is 6.79 Å². The van der Waals surface area contributed by atoms with Crippen LogP contribution in [0.1, 0.15) is 19.3 Å². The Morgan fingerprint density at radius 2 is 2.27 bits per heavy atom. The quantitative estimate of drug-likeness (QED) is 0.279. The van der Waals surface area contributed by atoms with E-state index in [9.17, 15) is 0 Å². The van der Waals surface area contributed by atoms with Crippen molar-refractivity contribution in [3.63, 3.8) is 0 Å². The van der Waals surface area contributed by atoms with Crippen molar-refractivity contribution in [1.29, 1.82) is 0 Å². The highest BCUT2D eigenvalue weighted by Crippen LogP contribution is 2.18. The lowest BCUT2D eigenvalue weighted by Crippen LogP contribution is -2.24. The molecule has 0 saturated heterocycles. The van der Waals surface area contributed by atoms with Gasteiger partial charge in [-0.2, -0.15) is 0 Å².